The van der Waals surface area contributed by atoms with Crippen LogP contribution in [0.3, 0.4) is 0 Å². The van der Waals surface area contributed by atoms with E-state index in [9.17, 15) is 4.79 Å². The van der Waals surface area contributed by atoms with Gasteiger partial charge in [-0.05, 0) is 38.3 Å². The third-order valence-corrected chi connectivity index (χ3v) is 2.77. The molecule has 0 N–H and O–H groups in total. The minimum atomic E-state index is 0.187. The number of hydrogen-bond donors (Lipinski definition) is 0. The molecule has 1 aromatic carbocycles. The Morgan fingerprint density at radius 2 is 2.00 bits per heavy atom. The molecule has 72 valence electrons. The van der Waals surface area contributed by atoms with Gasteiger partial charge >= 0.3 is 0 Å². The zero-order valence-electron chi connectivity index (χ0n) is 8.85. The number of fused-ring (bicyclic) bond motifs is 1. The normalized spacial score (nSPS) is 14.5. The first kappa shape index (κ1) is 9.20. The molecule has 0 aromatic heterocycles. The van der Waals surface area contributed by atoms with E-state index in [1.54, 1.807) is 6.92 Å². The van der Waals surface area contributed by atoms with Gasteiger partial charge in [0.15, 0.2) is 5.78 Å². The van der Waals surface area contributed by atoms with Crippen molar-refractivity contribution >= 4 is 11.4 Å². The van der Waals surface area contributed by atoms with Gasteiger partial charge in [0.05, 0.1) is 0 Å². The lowest BCUT2D eigenvalue weighted by Crippen LogP contribution is -1.95. The summed E-state index contributed by atoms with van der Waals surface area (Å²) < 4.78 is 0. The zero-order chi connectivity index (χ0) is 10.3. The molecule has 0 atom stereocenters. The number of allylic oxidation sites excluding steroid dienone is 2. The number of ketones is 1. The van der Waals surface area contributed by atoms with E-state index in [0.29, 0.717) is 0 Å². The van der Waals surface area contributed by atoms with Crippen LogP contribution < -0.4 is 0 Å². The van der Waals surface area contributed by atoms with E-state index in [1.165, 1.54) is 16.7 Å². The summed E-state index contributed by atoms with van der Waals surface area (Å²) in [5, 5.41) is 0. The fraction of sp³-hybridized carbons (Fsp3) is 0.308. The van der Waals surface area contributed by atoms with E-state index in [0.717, 1.165) is 17.6 Å². The van der Waals surface area contributed by atoms with Gasteiger partial charge in [-0.15, -0.1) is 0 Å². The molecule has 1 heteroatoms. The second-order valence-corrected chi connectivity index (χ2v) is 4.05. The van der Waals surface area contributed by atoms with E-state index >= 15 is 0 Å². The number of carbonyl (C=O) groups excluding carboxylic acids is 1. The fourth-order valence-electron chi connectivity index (χ4n) is 2.17. The van der Waals surface area contributed by atoms with Crippen molar-refractivity contribution in [2.24, 2.45) is 0 Å². The maximum atomic E-state index is 11.5. The Morgan fingerprint density at radius 3 is 2.64 bits per heavy atom. The number of aryl methyl sites for hydroxylation is 1. The molecule has 0 bridgehead atoms. The highest BCUT2D eigenvalue weighted by molar-refractivity contribution is 6.22. The van der Waals surface area contributed by atoms with Crippen LogP contribution >= 0.6 is 0 Å². The van der Waals surface area contributed by atoms with Crippen LogP contribution in [0.5, 0.6) is 0 Å². The predicted octanol–water partition coefficient (Wildman–Crippen LogP) is 2.91. The number of carbonyl (C=O) groups is 1. The summed E-state index contributed by atoms with van der Waals surface area (Å²) >= 11 is 0. The van der Waals surface area contributed by atoms with Gasteiger partial charge in [-0.3, -0.25) is 4.79 Å². The highest BCUT2D eigenvalue weighted by Gasteiger charge is 2.21. The molecule has 0 aliphatic heterocycles. The van der Waals surface area contributed by atoms with Crippen molar-refractivity contribution in [1.82, 2.24) is 0 Å². The maximum Gasteiger partial charge on any atom is 0.160 e. The summed E-state index contributed by atoms with van der Waals surface area (Å²) in [6.07, 6.45) is 0.935. The smallest absolute Gasteiger partial charge is 0.160 e. The molecular formula is C13H14O. The van der Waals surface area contributed by atoms with Crippen molar-refractivity contribution in [3.05, 3.63) is 40.5 Å². The van der Waals surface area contributed by atoms with E-state index in [1.807, 2.05) is 6.92 Å². The van der Waals surface area contributed by atoms with Gasteiger partial charge in [0.1, 0.15) is 0 Å². The van der Waals surface area contributed by atoms with Crippen LogP contribution in [0.25, 0.3) is 5.57 Å². The summed E-state index contributed by atoms with van der Waals surface area (Å²) in [5.41, 5.74) is 5.80. The first-order chi connectivity index (χ1) is 6.59. The van der Waals surface area contributed by atoms with Crippen molar-refractivity contribution in [3.63, 3.8) is 0 Å². The largest absolute Gasteiger partial charge is 0.294 e. The van der Waals surface area contributed by atoms with E-state index < -0.39 is 0 Å². The number of benzene rings is 1. The first-order valence-corrected chi connectivity index (χ1v) is 4.90. The van der Waals surface area contributed by atoms with Gasteiger partial charge in [0.25, 0.3) is 0 Å². The standard InChI is InChI=1S/C13H14O/c1-8-4-5-11-7-9(2)13(10(3)14)12(11)6-8/h4-6H,7H2,1-3H3. The molecule has 0 fully saturated rings. The van der Waals surface area contributed by atoms with Crippen LogP contribution in [0.2, 0.25) is 0 Å². The summed E-state index contributed by atoms with van der Waals surface area (Å²) in [5.74, 6) is 0.187. The van der Waals surface area contributed by atoms with Crippen molar-refractivity contribution in [2.75, 3.05) is 0 Å². The van der Waals surface area contributed by atoms with Gasteiger partial charge in [-0.2, -0.15) is 0 Å². The zero-order valence-corrected chi connectivity index (χ0v) is 8.85. The molecule has 14 heavy (non-hydrogen) atoms. The molecule has 2 rings (SSSR count). The Bertz CT molecular complexity index is 439. The minimum absolute atomic E-state index is 0.187. The third-order valence-electron chi connectivity index (χ3n) is 2.77. The molecule has 1 nitrogen and oxygen atoms in total. The van der Waals surface area contributed by atoms with Gasteiger partial charge in [-0.1, -0.05) is 29.3 Å². The van der Waals surface area contributed by atoms with E-state index in [-0.39, 0.29) is 5.78 Å². The lowest BCUT2D eigenvalue weighted by molar-refractivity contribution is -0.111. The summed E-state index contributed by atoms with van der Waals surface area (Å²) in [6.45, 7) is 5.76. The second kappa shape index (κ2) is 3.09. The molecule has 0 unspecified atom stereocenters. The molecule has 0 heterocycles. The monoisotopic (exact) mass is 186 g/mol. The number of Topliss-reactive ketones (excluding diaryl/α,β-unsaturated/α-hetero) is 1. The lowest BCUT2D eigenvalue weighted by atomic mass is 10.0. The Labute approximate surface area is 84.5 Å². The maximum absolute atomic E-state index is 11.5. The Morgan fingerprint density at radius 1 is 1.29 bits per heavy atom. The molecule has 0 amide bonds. The van der Waals surface area contributed by atoms with Crippen LogP contribution in [-0.2, 0) is 11.2 Å². The van der Waals surface area contributed by atoms with Crippen LogP contribution in [-0.4, -0.2) is 5.78 Å². The molecule has 0 spiro atoms. The van der Waals surface area contributed by atoms with Crippen molar-refractivity contribution < 1.29 is 4.79 Å². The molecule has 1 aromatic rings. The van der Waals surface area contributed by atoms with Gasteiger partial charge in [0, 0.05) is 5.57 Å². The molecule has 1 aliphatic carbocycles. The van der Waals surface area contributed by atoms with Crippen LogP contribution in [0.4, 0.5) is 0 Å². The molecular weight excluding hydrogens is 172 g/mol. The SMILES string of the molecule is CC(=O)C1=C(C)Cc2ccc(C)cc21. The Kier molecular flexibility index (Phi) is 2.03. The van der Waals surface area contributed by atoms with Crippen LogP contribution in [0.15, 0.2) is 23.8 Å². The fourth-order valence-corrected chi connectivity index (χ4v) is 2.17. The van der Waals surface area contributed by atoms with Crippen LogP contribution in [0, 0.1) is 6.92 Å². The highest BCUT2D eigenvalue weighted by Crippen LogP contribution is 2.33. The van der Waals surface area contributed by atoms with Crippen molar-refractivity contribution in [2.45, 2.75) is 27.2 Å². The van der Waals surface area contributed by atoms with Crippen molar-refractivity contribution in [3.8, 4) is 0 Å². The quantitative estimate of drug-likeness (QED) is 0.659. The number of hydrogen-bond acceptors (Lipinski definition) is 1. The first-order valence-electron chi connectivity index (χ1n) is 4.90. The lowest BCUT2D eigenvalue weighted by Gasteiger charge is -2.03. The summed E-state index contributed by atoms with van der Waals surface area (Å²) in [6, 6.07) is 6.35. The summed E-state index contributed by atoms with van der Waals surface area (Å²) in [4.78, 5) is 11.5. The average molecular weight is 186 g/mol. The Balaban J connectivity index is 2.61. The third kappa shape index (κ3) is 1.29. The topological polar surface area (TPSA) is 17.1 Å². The molecule has 0 saturated carbocycles. The van der Waals surface area contributed by atoms with Crippen LogP contribution in [0.1, 0.15) is 30.5 Å². The van der Waals surface area contributed by atoms with E-state index in [2.05, 4.69) is 25.1 Å². The molecule has 0 radical (unpaired) electrons. The minimum Gasteiger partial charge on any atom is -0.294 e. The van der Waals surface area contributed by atoms with E-state index in [4.69, 9.17) is 0 Å². The van der Waals surface area contributed by atoms with Crippen molar-refractivity contribution in [1.29, 1.82) is 0 Å². The van der Waals surface area contributed by atoms with Gasteiger partial charge < -0.3 is 0 Å². The van der Waals surface area contributed by atoms with Gasteiger partial charge in [0.2, 0.25) is 0 Å². The number of rotatable bonds is 1. The molecule has 1 aliphatic rings. The second-order valence-electron chi connectivity index (χ2n) is 4.05. The predicted molar refractivity (Wildman–Crippen MR) is 58.2 cm³/mol. The molecule has 0 saturated heterocycles. The summed E-state index contributed by atoms with van der Waals surface area (Å²) in [7, 11) is 0. The Hall–Kier alpha value is -1.37. The van der Waals surface area contributed by atoms with Gasteiger partial charge in [-0.25, -0.2) is 0 Å². The highest BCUT2D eigenvalue weighted by atomic mass is 16.1. The average Bonchev–Trinajstić information content (AvgIpc) is 2.40.